The standard InChI is InChI=1S/C20H32N2O.BrH/c1-3-4-5-6-7-14-21-16-17-22(18-21)15-8-9-19-10-12-20(23-2)13-11-19;/h10-13,16-17H,3-9,14-15,18H2,1-2H3;1H. The smallest absolute Gasteiger partial charge is 0.118 e. The van der Waals surface area contributed by atoms with Crippen LogP contribution >= 0.6 is 17.0 Å². The molecular weight excluding hydrogens is 364 g/mol. The van der Waals surface area contributed by atoms with Gasteiger partial charge in [0.25, 0.3) is 0 Å². The third-order valence-corrected chi connectivity index (χ3v) is 4.47. The zero-order chi connectivity index (χ0) is 16.3. The predicted octanol–water partition coefficient (Wildman–Crippen LogP) is 5.22. The van der Waals surface area contributed by atoms with Gasteiger partial charge >= 0.3 is 0 Å². The molecule has 1 aromatic rings. The highest BCUT2D eigenvalue weighted by Crippen LogP contribution is 2.14. The Balaban J connectivity index is 0.00000288. The average molecular weight is 397 g/mol. The van der Waals surface area contributed by atoms with Crippen molar-refractivity contribution in [1.82, 2.24) is 9.80 Å². The summed E-state index contributed by atoms with van der Waals surface area (Å²) in [4.78, 5) is 4.87. The van der Waals surface area contributed by atoms with E-state index < -0.39 is 0 Å². The number of nitrogens with zero attached hydrogens (tertiary/aromatic N) is 2. The Bertz CT molecular complexity index is 461. The van der Waals surface area contributed by atoms with Crippen molar-refractivity contribution in [3.8, 4) is 5.75 Å². The first-order valence-corrected chi connectivity index (χ1v) is 9.11. The van der Waals surface area contributed by atoms with Gasteiger partial charge in [-0.15, -0.1) is 17.0 Å². The molecule has 1 aliphatic heterocycles. The minimum Gasteiger partial charge on any atom is -0.497 e. The minimum atomic E-state index is 0. The van der Waals surface area contributed by atoms with Gasteiger partial charge in [-0.05, 0) is 37.0 Å². The van der Waals surface area contributed by atoms with Gasteiger partial charge in [0, 0.05) is 25.5 Å². The Labute approximate surface area is 158 Å². The summed E-state index contributed by atoms with van der Waals surface area (Å²) in [5.41, 5.74) is 1.39. The van der Waals surface area contributed by atoms with Crippen LogP contribution in [0.2, 0.25) is 0 Å². The third-order valence-electron chi connectivity index (χ3n) is 4.47. The van der Waals surface area contributed by atoms with Crippen LogP contribution in [0.4, 0.5) is 0 Å². The van der Waals surface area contributed by atoms with Crippen LogP contribution in [-0.4, -0.2) is 36.7 Å². The molecule has 136 valence electrons. The van der Waals surface area contributed by atoms with Crippen LogP contribution in [0.1, 0.15) is 51.0 Å². The van der Waals surface area contributed by atoms with Gasteiger partial charge in [-0.25, -0.2) is 0 Å². The lowest BCUT2D eigenvalue weighted by atomic mass is 10.1. The van der Waals surface area contributed by atoms with Gasteiger partial charge in [-0.1, -0.05) is 44.7 Å². The van der Waals surface area contributed by atoms with E-state index in [9.17, 15) is 0 Å². The van der Waals surface area contributed by atoms with Gasteiger partial charge in [0.15, 0.2) is 0 Å². The van der Waals surface area contributed by atoms with Crippen LogP contribution < -0.4 is 4.74 Å². The van der Waals surface area contributed by atoms with E-state index in [-0.39, 0.29) is 17.0 Å². The lowest BCUT2D eigenvalue weighted by molar-refractivity contribution is 0.259. The van der Waals surface area contributed by atoms with Crippen LogP contribution in [0.15, 0.2) is 36.7 Å². The van der Waals surface area contributed by atoms with E-state index in [0.717, 1.165) is 25.4 Å². The van der Waals surface area contributed by atoms with Gasteiger partial charge in [0.05, 0.1) is 13.8 Å². The first-order chi connectivity index (χ1) is 11.3. The van der Waals surface area contributed by atoms with Crippen LogP contribution in [0.25, 0.3) is 0 Å². The molecule has 0 spiro atoms. The number of rotatable bonds is 11. The second-order valence-electron chi connectivity index (χ2n) is 6.43. The Morgan fingerprint density at radius 3 is 2.12 bits per heavy atom. The van der Waals surface area contributed by atoms with E-state index in [0.29, 0.717) is 0 Å². The molecule has 0 saturated heterocycles. The lowest BCUT2D eigenvalue weighted by Gasteiger charge is -2.21. The van der Waals surface area contributed by atoms with Crippen molar-refractivity contribution in [1.29, 1.82) is 0 Å². The molecule has 0 radical (unpaired) electrons. The van der Waals surface area contributed by atoms with Crippen molar-refractivity contribution < 1.29 is 4.74 Å². The Morgan fingerprint density at radius 1 is 0.875 bits per heavy atom. The van der Waals surface area contributed by atoms with E-state index in [2.05, 4.69) is 41.3 Å². The molecule has 0 aliphatic carbocycles. The van der Waals surface area contributed by atoms with Crippen LogP contribution in [-0.2, 0) is 6.42 Å². The molecule has 4 heteroatoms. The molecule has 0 unspecified atom stereocenters. The minimum absolute atomic E-state index is 0. The Kier molecular flexibility index (Phi) is 10.6. The summed E-state index contributed by atoms with van der Waals surface area (Å²) in [6.07, 6.45) is 13.6. The highest BCUT2D eigenvalue weighted by Gasteiger charge is 2.11. The maximum Gasteiger partial charge on any atom is 0.118 e. The normalized spacial score (nSPS) is 13.2. The predicted molar refractivity (Wildman–Crippen MR) is 108 cm³/mol. The quantitative estimate of drug-likeness (QED) is 0.476. The van der Waals surface area contributed by atoms with Crippen molar-refractivity contribution in [2.24, 2.45) is 0 Å². The fourth-order valence-corrected chi connectivity index (χ4v) is 3.00. The van der Waals surface area contributed by atoms with E-state index in [4.69, 9.17) is 4.74 Å². The molecule has 1 aliphatic rings. The molecule has 24 heavy (non-hydrogen) atoms. The molecule has 2 rings (SSSR count). The van der Waals surface area contributed by atoms with Crippen molar-refractivity contribution in [2.45, 2.75) is 51.9 Å². The van der Waals surface area contributed by atoms with Crippen molar-refractivity contribution in [2.75, 3.05) is 26.9 Å². The second kappa shape index (κ2) is 12.2. The van der Waals surface area contributed by atoms with E-state index in [1.807, 2.05) is 12.1 Å². The van der Waals surface area contributed by atoms with Crippen LogP contribution in [0, 0.1) is 0 Å². The average Bonchev–Trinajstić information content (AvgIpc) is 3.03. The number of ether oxygens (including phenoxy) is 1. The van der Waals surface area contributed by atoms with Crippen LogP contribution in [0.3, 0.4) is 0 Å². The molecule has 1 aromatic carbocycles. The second-order valence-corrected chi connectivity index (χ2v) is 6.43. The molecule has 0 saturated carbocycles. The topological polar surface area (TPSA) is 15.7 Å². The maximum atomic E-state index is 5.20. The van der Waals surface area contributed by atoms with Gasteiger partial charge < -0.3 is 14.5 Å². The molecule has 3 nitrogen and oxygen atoms in total. The number of aryl methyl sites for hydroxylation is 1. The van der Waals surface area contributed by atoms with E-state index in [1.54, 1.807) is 7.11 Å². The van der Waals surface area contributed by atoms with E-state index >= 15 is 0 Å². The molecule has 0 bridgehead atoms. The lowest BCUT2D eigenvalue weighted by Crippen LogP contribution is -2.27. The number of hydrogen-bond acceptors (Lipinski definition) is 3. The highest BCUT2D eigenvalue weighted by atomic mass is 79.9. The van der Waals surface area contributed by atoms with Gasteiger partial charge in [-0.3, -0.25) is 0 Å². The molecule has 1 heterocycles. The number of unbranched alkanes of at least 4 members (excludes halogenated alkanes) is 4. The summed E-state index contributed by atoms with van der Waals surface area (Å²) in [5.74, 6) is 0.936. The van der Waals surface area contributed by atoms with E-state index in [1.165, 1.54) is 50.6 Å². The summed E-state index contributed by atoms with van der Waals surface area (Å²) < 4.78 is 5.20. The summed E-state index contributed by atoms with van der Waals surface area (Å²) in [7, 11) is 1.71. The molecule has 0 aromatic heterocycles. The first-order valence-electron chi connectivity index (χ1n) is 9.11. The molecule has 0 amide bonds. The SMILES string of the molecule is Br.CCCCCCCN1C=CN(CCCc2ccc(OC)cc2)C1. The zero-order valence-electron chi connectivity index (χ0n) is 15.2. The Morgan fingerprint density at radius 2 is 1.50 bits per heavy atom. The molecular formula is C20H33BrN2O. The van der Waals surface area contributed by atoms with Gasteiger partial charge in [-0.2, -0.15) is 0 Å². The maximum absolute atomic E-state index is 5.20. The highest BCUT2D eigenvalue weighted by molar-refractivity contribution is 8.93. The summed E-state index contributed by atoms with van der Waals surface area (Å²) >= 11 is 0. The number of benzene rings is 1. The molecule has 0 fully saturated rings. The number of hydrogen-bond donors (Lipinski definition) is 0. The summed E-state index contributed by atoms with van der Waals surface area (Å²) in [6, 6.07) is 8.43. The third kappa shape index (κ3) is 7.61. The monoisotopic (exact) mass is 396 g/mol. The first kappa shape index (κ1) is 20.9. The Hall–Kier alpha value is -1.16. The summed E-state index contributed by atoms with van der Waals surface area (Å²) in [6.45, 7) is 5.67. The van der Waals surface area contributed by atoms with Gasteiger partial charge in [0.1, 0.15) is 5.75 Å². The zero-order valence-corrected chi connectivity index (χ0v) is 17.0. The van der Waals surface area contributed by atoms with Crippen molar-refractivity contribution in [3.63, 3.8) is 0 Å². The largest absolute Gasteiger partial charge is 0.497 e. The van der Waals surface area contributed by atoms with Gasteiger partial charge in [0.2, 0.25) is 0 Å². The molecule has 0 N–H and O–H groups in total. The fourth-order valence-electron chi connectivity index (χ4n) is 3.00. The number of methoxy groups -OCH3 is 1. The van der Waals surface area contributed by atoms with Crippen molar-refractivity contribution >= 4 is 17.0 Å². The fraction of sp³-hybridized carbons (Fsp3) is 0.600. The summed E-state index contributed by atoms with van der Waals surface area (Å²) in [5, 5.41) is 0. The van der Waals surface area contributed by atoms with Crippen molar-refractivity contribution in [3.05, 3.63) is 42.2 Å². The molecule has 0 atom stereocenters. The van der Waals surface area contributed by atoms with Crippen LogP contribution in [0.5, 0.6) is 5.75 Å². The number of halogens is 1.